The van der Waals surface area contributed by atoms with Crippen molar-refractivity contribution < 1.29 is 4.79 Å². The third-order valence-corrected chi connectivity index (χ3v) is 3.34. The molecule has 0 bridgehead atoms. The number of benzene rings is 1. The van der Waals surface area contributed by atoms with Crippen molar-refractivity contribution in [3.05, 3.63) is 36.0 Å². The number of carbonyl (C=O) groups excluding carboxylic acids is 1. The number of rotatable bonds is 3. The van der Waals surface area contributed by atoms with Crippen molar-refractivity contribution in [3.8, 4) is 0 Å². The molecule has 4 N–H and O–H groups in total. The summed E-state index contributed by atoms with van der Waals surface area (Å²) < 4.78 is 2.07. The number of nitrogens with two attached hydrogens (primary N) is 1. The van der Waals surface area contributed by atoms with Crippen LogP contribution in [-0.4, -0.2) is 29.7 Å². The molecular formula is C13H16N4O. The van der Waals surface area contributed by atoms with Crippen molar-refractivity contribution in [1.82, 2.24) is 15.2 Å². The monoisotopic (exact) mass is 244 g/mol. The second kappa shape index (κ2) is 4.44. The maximum absolute atomic E-state index is 11.4. The van der Waals surface area contributed by atoms with E-state index in [4.69, 9.17) is 5.73 Å². The molecular weight excluding hydrogens is 228 g/mol. The molecule has 1 fully saturated rings. The number of carbonyl (C=O) groups is 1. The number of primary amides is 1. The zero-order chi connectivity index (χ0) is 12.5. The average Bonchev–Trinajstić information content (AvgIpc) is 2.98. The molecule has 18 heavy (non-hydrogen) atoms. The van der Waals surface area contributed by atoms with Gasteiger partial charge in [-0.05, 0) is 6.07 Å². The molecule has 1 aliphatic heterocycles. The predicted molar refractivity (Wildman–Crippen MR) is 70.2 cm³/mol. The number of aromatic nitrogens is 1. The van der Waals surface area contributed by atoms with E-state index in [2.05, 4.69) is 15.2 Å². The average molecular weight is 244 g/mol. The van der Waals surface area contributed by atoms with Crippen molar-refractivity contribution in [2.24, 2.45) is 5.73 Å². The van der Waals surface area contributed by atoms with Crippen LogP contribution >= 0.6 is 0 Å². The molecule has 1 amide bonds. The molecule has 0 unspecified atom stereocenters. The van der Waals surface area contributed by atoms with Gasteiger partial charge in [-0.15, -0.1) is 0 Å². The first kappa shape index (κ1) is 11.3. The highest BCUT2D eigenvalue weighted by Gasteiger charge is 2.17. The highest BCUT2D eigenvalue weighted by atomic mass is 16.1. The molecule has 2 heterocycles. The molecule has 0 saturated carbocycles. The lowest BCUT2D eigenvalue weighted by molar-refractivity contribution is 0.100. The summed E-state index contributed by atoms with van der Waals surface area (Å²) in [5.74, 6) is -0.378. The summed E-state index contributed by atoms with van der Waals surface area (Å²) in [5, 5.41) is 7.64. The Kier molecular flexibility index (Phi) is 2.77. The molecule has 1 saturated heterocycles. The Hall–Kier alpha value is -1.85. The highest BCUT2D eigenvalue weighted by Crippen LogP contribution is 2.21. The third kappa shape index (κ3) is 1.87. The minimum Gasteiger partial charge on any atom is -0.366 e. The molecule has 94 valence electrons. The van der Waals surface area contributed by atoms with Crippen LogP contribution in [0.1, 0.15) is 10.4 Å². The van der Waals surface area contributed by atoms with Crippen LogP contribution in [0.4, 0.5) is 0 Å². The molecule has 1 aromatic carbocycles. The van der Waals surface area contributed by atoms with Crippen LogP contribution in [0.3, 0.4) is 0 Å². The lowest BCUT2D eigenvalue weighted by Crippen LogP contribution is -2.35. The highest BCUT2D eigenvalue weighted by molar-refractivity contribution is 6.06. The molecule has 5 nitrogen and oxygen atoms in total. The van der Waals surface area contributed by atoms with Crippen LogP contribution in [0, 0.1) is 0 Å². The smallest absolute Gasteiger partial charge is 0.250 e. The van der Waals surface area contributed by atoms with Gasteiger partial charge in [-0.3, -0.25) is 15.4 Å². The maximum Gasteiger partial charge on any atom is 0.250 e. The fourth-order valence-corrected chi connectivity index (χ4v) is 2.48. The second-order valence-electron chi connectivity index (χ2n) is 4.54. The Balaban J connectivity index is 2.02. The number of para-hydroxylation sites is 1. The first-order chi connectivity index (χ1) is 8.75. The van der Waals surface area contributed by atoms with Gasteiger partial charge in [0, 0.05) is 30.2 Å². The van der Waals surface area contributed by atoms with Gasteiger partial charge in [0.2, 0.25) is 0 Å². The van der Waals surface area contributed by atoms with Crippen LogP contribution in [-0.2, 0) is 6.54 Å². The number of hydrogen-bond donors (Lipinski definition) is 3. The zero-order valence-electron chi connectivity index (χ0n) is 10.0. The number of fused-ring (bicyclic) bond motifs is 1. The van der Waals surface area contributed by atoms with Crippen LogP contribution in [0.2, 0.25) is 0 Å². The summed E-state index contributed by atoms with van der Waals surface area (Å²) in [6, 6.07) is 7.84. The summed E-state index contributed by atoms with van der Waals surface area (Å²) in [7, 11) is 0. The minimum absolute atomic E-state index is 0.251. The van der Waals surface area contributed by atoms with Gasteiger partial charge in [-0.25, -0.2) is 0 Å². The van der Waals surface area contributed by atoms with Crippen LogP contribution in [0.25, 0.3) is 10.9 Å². The first-order valence-corrected chi connectivity index (χ1v) is 6.10. The van der Waals surface area contributed by atoms with Gasteiger partial charge in [0.15, 0.2) is 0 Å². The van der Waals surface area contributed by atoms with Crippen molar-refractivity contribution >= 4 is 16.8 Å². The number of amides is 1. The zero-order valence-corrected chi connectivity index (χ0v) is 10.0. The Morgan fingerprint density at radius 2 is 2.06 bits per heavy atom. The van der Waals surface area contributed by atoms with E-state index in [1.54, 1.807) is 0 Å². The number of hydrogen-bond acceptors (Lipinski definition) is 3. The van der Waals surface area contributed by atoms with Gasteiger partial charge >= 0.3 is 0 Å². The molecule has 0 atom stereocenters. The molecule has 5 heteroatoms. The van der Waals surface area contributed by atoms with Gasteiger partial charge in [-0.2, -0.15) is 0 Å². The number of nitrogens with one attached hydrogen (secondary N) is 2. The van der Waals surface area contributed by atoms with Crippen molar-refractivity contribution in [3.63, 3.8) is 0 Å². The topological polar surface area (TPSA) is 72.1 Å². The Labute approximate surface area is 105 Å². The largest absolute Gasteiger partial charge is 0.366 e. The van der Waals surface area contributed by atoms with E-state index in [0.717, 1.165) is 30.5 Å². The molecule has 1 aromatic heterocycles. The fourth-order valence-electron chi connectivity index (χ4n) is 2.48. The molecule has 0 spiro atoms. The van der Waals surface area contributed by atoms with E-state index in [9.17, 15) is 4.79 Å². The molecule has 0 radical (unpaired) electrons. The third-order valence-electron chi connectivity index (χ3n) is 3.34. The summed E-state index contributed by atoms with van der Waals surface area (Å²) in [5.41, 5.74) is 7.05. The van der Waals surface area contributed by atoms with Crippen molar-refractivity contribution in [2.45, 2.75) is 12.7 Å². The van der Waals surface area contributed by atoms with Crippen molar-refractivity contribution in [1.29, 1.82) is 0 Å². The van der Waals surface area contributed by atoms with Gasteiger partial charge in [-0.1, -0.05) is 18.2 Å². The normalized spacial score (nSPS) is 16.4. The van der Waals surface area contributed by atoms with Gasteiger partial charge < -0.3 is 10.3 Å². The molecule has 1 aliphatic rings. The van der Waals surface area contributed by atoms with E-state index in [0.29, 0.717) is 5.56 Å². The second-order valence-corrected chi connectivity index (χ2v) is 4.54. The molecule has 3 rings (SSSR count). The Bertz CT molecular complexity index is 584. The summed E-state index contributed by atoms with van der Waals surface area (Å²) >= 11 is 0. The SMILES string of the molecule is NC(=O)c1cn(CC2NCCN2)c2ccccc12. The van der Waals surface area contributed by atoms with Gasteiger partial charge in [0.05, 0.1) is 18.3 Å². The number of nitrogens with zero attached hydrogens (tertiary/aromatic N) is 1. The van der Waals surface area contributed by atoms with E-state index in [-0.39, 0.29) is 12.1 Å². The maximum atomic E-state index is 11.4. The summed E-state index contributed by atoms with van der Waals surface area (Å²) in [4.78, 5) is 11.4. The Morgan fingerprint density at radius 3 is 2.78 bits per heavy atom. The molecule has 2 aromatic rings. The lowest BCUT2D eigenvalue weighted by Gasteiger charge is -2.12. The minimum atomic E-state index is -0.378. The lowest BCUT2D eigenvalue weighted by atomic mass is 10.2. The quantitative estimate of drug-likeness (QED) is 0.725. The van der Waals surface area contributed by atoms with Crippen LogP contribution in [0.15, 0.2) is 30.5 Å². The van der Waals surface area contributed by atoms with E-state index < -0.39 is 0 Å². The van der Waals surface area contributed by atoms with Crippen LogP contribution < -0.4 is 16.4 Å². The van der Waals surface area contributed by atoms with Gasteiger partial charge in [0.25, 0.3) is 5.91 Å². The predicted octanol–water partition coefficient (Wildman–Crippen LogP) is 0.259. The fraction of sp³-hybridized carbons (Fsp3) is 0.308. The summed E-state index contributed by atoms with van der Waals surface area (Å²) in [6.07, 6.45) is 2.09. The van der Waals surface area contributed by atoms with E-state index in [1.807, 2.05) is 30.5 Å². The van der Waals surface area contributed by atoms with Crippen LogP contribution in [0.5, 0.6) is 0 Å². The van der Waals surface area contributed by atoms with E-state index in [1.165, 1.54) is 0 Å². The standard InChI is InChI=1S/C13H16N4O/c14-13(18)10-7-17(8-12-15-5-6-16-12)11-4-2-1-3-9(10)11/h1-4,7,12,15-16H,5-6,8H2,(H2,14,18). The van der Waals surface area contributed by atoms with E-state index >= 15 is 0 Å². The van der Waals surface area contributed by atoms with Crippen molar-refractivity contribution in [2.75, 3.05) is 13.1 Å². The Morgan fingerprint density at radius 1 is 1.33 bits per heavy atom. The summed E-state index contributed by atoms with van der Waals surface area (Å²) in [6.45, 7) is 2.74. The molecule has 0 aliphatic carbocycles. The first-order valence-electron chi connectivity index (χ1n) is 6.10. The van der Waals surface area contributed by atoms with Gasteiger partial charge in [0.1, 0.15) is 0 Å².